The number of hydrogen-bond donors (Lipinski definition) is 1. The van der Waals surface area contributed by atoms with E-state index in [9.17, 15) is 4.39 Å². The minimum atomic E-state index is -0.141. The fourth-order valence-corrected chi connectivity index (χ4v) is 3.78. The first-order valence-electron chi connectivity index (χ1n) is 7.21. The first-order chi connectivity index (χ1) is 10.2. The molecule has 1 nitrogen and oxygen atoms in total. The van der Waals surface area contributed by atoms with Crippen molar-refractivity contribution in [2.45, 2.75) is 18.4 Å². The van der Waals surface area contributed by atoms with Crippen LogP contribution in [0.5, 0.6) is 0 Å². The van der Waals surface area contributed by atoms with Gasteiger partial charge in [0.15, 0.2) is 0 Å². The Labute approximate surface area is 128 Å². The van der Waals surface area contributed by atoms with Crippen molar-refractivity contribution < 1.29 is 4.39 Å². The van der Waals surface area contributed by atoms with Gasteiger partial charge in [-0.15, -0.1) is 0 Å². The van der Waals surface area contributed by atoms with Crippen molar-refractivity contribution in [1.29, 1.82) is 0 Å². The number of allylic oxidation sites excluding steroid dienone is 2. The Balaban J connectivity index is 1.82. The summed E-state index contributed by atoms with van der Waals surface area (Å²) in [6.07, 6.45) is 5.39. The number of fused-ring (bicyclic) bond motifs is 3. The Kier molecular flexibility index (Phi) is 3.00. The van der Waals surface area contributed by atoms with Crippen LogP contribution in [0.3, 0.4) is 0 Å². The molecule has 21 heavy (non-hydrogen) atoms. The first kappa shape index (κ1) is 12.9. The van der Waals surface area contributed by atoms with Crippen molar-refractivity contribution in [3.63, 3.8) is 0 Å². The van der Waals surface area contributed by atoms with Gasteiger partial charge >= 0.3 is 0 Å². The molecule has 0 saturated carbocycles. The standard InChI is InChI=1S/C18H15ClFN/c19-11-8-9-17-15(10-11)12-5-3-6-13(12)18(21-17)14-4-1-2-7-16(14)20/h1-5,7-10,12-13,18,21H,6H2/t12-,13+,18+/m0/s1. The predicted molar refractivity (Wildman–Crippen MR) is 84.2 cm³/mol. The van der Waals surface area contributed by atoms with E-state index in [2.05, 4.69) is 17.5 Å². The molecule has 1 heterocycles. The average Bonchev–Trinajstić information content (AvgIpc) is 2.97. The molecule has 4 rings (SSSR count). The number of halogens is 2. The maximum Gasteiger partial charge on any atom is 0.128 e. The van der Waals surface area contributed by atoms with Crippen molar-refractivity contribution in [3.05, 3.63) is 76.6 Å². The van der Waals surface area contributed by atoms with Crippen LogP contribution in [-0.4, -0.2) is 0 Å². The first-order valence-corrected chi connectivity index (χ1v) is 7.59. The quantitative estimate of drug-likeness (QED) is 0.704. The lowest BCUT2D eigenvalue weighted by molar-refractivity contribution is 0.413. The van der Waals surface area contributed by atoms with E-state index in [4.69, 9.17) is 11.6 Å². The summed E-state index contributed by atoms with van der Waals surface area (Å²) in [5.74, 6) is 0.510. The molecule has 0 fully saturated rings. The Morgan fingerprint density at radius 3 is 2.81 bits per heavy atom. The molecule has 1 aliphatic heterocycles. The van der Waals surface area contributed by atoms with Crippen LogP contribution in [0, 0.1) is 11.7 Å². The van der Waals surface area contributed by atoms with Crippen LogP contribution < -0.4 is 5.32 Å². The number of hydrogen-bond acceptors (Lipinski definition) is 1. The van der Waals surface area contributed by atoms with E-state index >= 15 is 0 Å². The van der Waals surface area contributed by atoms with Crippen molar-refractivity contribution >= 4 is 17.3 Å². The zero-order chi connectivity index (χ0) is 14.4. The molecule has 0 bridgehead atoms. The van der Waals surface area contributed by atoms with Gasteiger partial charge in [0, 0.05) is 22.2 Å². The number of rotatable bonds is 1. The summed E-state index contributed by atoms with van der Waals surface area (Å²) in [6, 6.07) is 12.9. The minimum Gasteiger partial charge on any atom is -0.378 e. The Morgan fingerprint density at radius 2 is 1.95 bits per heavy atom. The van der Waals surface area contributed by atoms with Gasteiger partial charge in [-0.05, 0) is 42.2 Å². The van der Waals surface area contributed by atoms with Crippen molar-refractivity contribution in [2.24, 2.45) is 5.92 Å². The highest BCUT2D eigenvalue weighted by Gasteiger charge is 2.38. The van der Waals surface area contributed by atoms with E-state index in [0.717, 1.165) is 22.7 Å². The third-order valence-electron chi connectivity index (χ3n) is 4.57. The van der Waals surface area contributed by atoms with Gasteiger partial charge in [0.05, 0.1) is 6.04 Å². The van der Waals surface area contributed by atoms with Gasteiger partial charge in [-0.1, -0.05) is 42.0 Å². The van der Waals surface area contributed by atoms with Gasteiger partial charge < -0.3 is 5.32 Å². The number of benzene rings is 2. The van der Waals surface area contributed by atoms with Crippen molar-refractivity contribution in [1.82, 2.24) is 0 Å². The molecule has 2 aromatic carbocycles. The zero-order valence-electron chi connectivity index (χ0n) is 11.4. The van der Waals surface area contributed by atoms with Crippen LogP contribution in [0.1, 0.15) is 29.5 Å². The summed E-state index contributed by atoms with van der Waals surface area (Å²) < 4.78 is 14.2. The second kappa shape index (κ2) is 4.88. The molecule has 0 saturated heterocycles. The molecule has 3 atom stereocenters. The molecule has 0 spiro atoms. The summed E-state index contributed by atoms with van der Waals surface area (Å²) in [7, 11) is 0. The van der Waals surface area contributed by atoms with Crippen LogP contribution in [0.4, 0.5) is 10.1 Å². The van der Waals surface area contributed by atoms with E-state index in [1.807, 2.05) is 30.3 Å². The van der Waals surface area contributed by atoms with Crippen LogP contribution in [0.2, 0.25) is 5.02 Å². The summed E-state index contributed by atoms with van der Waals surface area (Å²) >= 11 is 6.13. The highest BCUT2D eigenvalue weighted by Crippen LogP contribution is 2.50. The number of anilines is 1. The molecule has 106 valence electrons. The van der Waals surface area contributed by atoms with Crippen LogP contribution >= 0.6 is 11.6 Å². The monoisotopic (exact) mass is 299 g/mol. The van der Waals surface area contributed by atoms with Gasteiger partial charge in [-0.3, -0.25) is 0 Å². The molecule has 3 heteroatoms. The Morgan fingerprint density at radius 1 is 1.10 bits per heavy atom. The SMILES string of the molecule is Fc1ccccc1[C@@H]1Nc2ccc(Cl)cc2[C@H]2C=CC[C@H]21. The van der Waals surface area contributed by atoms with Gasteiger partial charge in [0.2, 0.25) is 0 Å². The molecule has 0 aromatic heterocycles. The second-order valence-electron chi connectivity index (χ2n) is 5.73. The van der Waals surface area contributed by atoms with E-state index in [0.29, 0.717) is 11.8 Å². The van der Waals surface area contributed by atoms with Crippen molar-refractivity contribution in [2.75, 3.05) is 5.32 Å². The molecular formula is C18H15ClFN. The molecule has 2 aliphatic rings. The molecule has 1 N–H and O–H groups in total. The summed E-state index contributed by atoms with van der Waals surface area (Å²) in [4.78, 5) is 0. The van der Waals surface area contributed by atoms with Gasteiger partial charge in [-0.25, -0.2) is 4.39 Å². The maximum atomic E-state index is 14.2. The lowest BCUT2D eigenvalue weighted by Gasteiger charge is -2.37. The third kappa shape index (κ3) is 2.06. The van der Waals surface area contributed by atoms with Crippen molar-refractivity contribution in [3.8, 4) is 0 Å². The Bertz CT molecular complexity index is 725. The topological polar surface area (TPSA) is 12.0 Å². The summed E-state index contributed by atoms with van der Waals surface area (Å²) in [5.41, 5.74) is 3.02. The predicted octanol–water partition coefficient (Wildman–Crippen LogP) is 5.31. The highest BCUT2D eigenvalue weighted by molar-refractivity contribution is 6.30. The fourth-order valence-electron chi connectivity index (χ4n) is 3.60. The van der Waals surface area contributed by atoms with Gasteiger partial charge in [-0.2, -0.15) is 0 Å². The minimum absolute atomic E-state index is 0.000115. The van der Waals surface area contributed by atoms with E-state index in [1.165, 1.54) is 11.6 Å². The van der Waals surface area contributed by atoms with E-state index in [1.54, 1.807) is 6.07 Å². The second-order valence-corrected chi connectivity index (χ2v) is 6.17. The lowest BCUT2D eigenvalue weighted by atomic mass is 9.77. The average molecular weight is 300 g/mol. The highest BCUT2D eigenvalue weighted by atomic mass is 35.5. The molecule has 0 radical (unpaired) electrons. The zero-order valence-corrected chi connectivity index (χ0v) is 12.1. The van der Waals surface area contributed by atoms with Crippen LogP contribution in [0.15, 0.2) is 54.6 Å². The summed E-state index contributed by atoms with van der Waals surface area (Å²) in [6.45, 7) is 0. The van der Waals surface area contributed by atoms with Gasteiger partial charge in [0.25, 0.3) is 0 Å². The normalized spacial score (nSPS) is 26.1. The Hall–Kier alpha value is -1.80. The van der Waals surface area contributed by atoms with Crippen LogP contribution in [0.25, 0.3) is 0 Å². The van der Waals surface area contributed by atoms with Gasteiger partial charge in [0.1, 0.15) is 5.82 Å². The van der Waals surface area contributed by atoms with Crippen LogP contribution in [-0.2, 0) is 0 Å². The largest absolute Gasteiger partial charge is 0.378 e. The third-order valence-corrected chi connectivity index (χ3v) is 4.80. The smallest absolute Gasteiger partial charge is 0.128 e. The molecule has 1 aliphatic carbocycles. The fraction of sp³-hybridized carbons (Fsp3) is 0.222. The molecule has 2 aromatic rings. The van der Waals surface area contributed by atoms with E-state index < -0.39 is 0 Å². The maximum absolute atomic E-state index is 14.2. The molecular weight excluding hydrogens is 285 g/mol. The molecule has 0 unspecified atom stereocenters. The lowest BCUT2D eigenvalue weighted by Crippen LogP contribution is -2.29. The number of nitrogens with one attached hydrogen (secondary N) is 1. The summed E-state index contributed by atoms with van der Waals surface area (Å²) in [5, 5.41) is 4.26. The molecule has 0 amide bonds. The van der Waals surface area contributed by atoms with E-state index in [-0.39, 0.29) is 11.9 Å².